The number of alkyl halides is 3. The first-order valence-electron chi connectivity index (χ1n) is 6.72. The van der Waals surface area contributed by atoms with Gasteiger partial charge in [-0.25, -0.2) is 0 Å². The van der Waals surface area contributed by atoms with Gasteiger partial charge in [0.2, 0.25) is 0 Å². The Hall–Kier alpha value is -3.01. The molecule has 0 fully saturated rings. The van der Waals surface area contributed by atoms with Crippen LogP contribution in [-0.4, -0.2) is 15.9 Å². The molecule has 0 aliphatic rings. The van der Waals surface area contributed by atoms with Gasteiger partial charge in [-0.15, -0.1) is 0 Å². The predicted molar refractivity (Wildman–Crippen MR) is 88.2 cm³/mol. The molecule has 1 amide bonds. The fourth-order valence-electron chi connectivity index (χ4n) is 1.99. The van der Waals surface area contributed by atoms with Crippen LogP contribution in [0, 0.1) is 10.1 Å². The third kappa shape index (κ3) is 4.51. The summed E-state index contributed by atoms with van der Waals surface area (Å²) in [5.74, 6) is -0.908. The van der Waals surface area contributed by atoms with Crippen molar-refractivity contribution in [2.45, 2.75) is 6.18 Å². The SMILES string of the molecule is O=C(NC(=S)Nc1ccccc1C(F)(F)F)c1ccccc1[N+](=O)[O-]. The number of rotatable bonds is 3. The molecule has 130 valence electrons. The molecule has 0 aliphatic carbocycles. The minimum Gasteiger partial charge on any atom is -0.332 e. The van der Waals surface area contributed by atoms with Crippen molar-refractivity contribution in [3.63, 3.8) is 0 Å². The summed E-state index contributed by atoms with van der Waals surface area (Å²) in [6.07, 6.45) is -4.61. The van der Waals surface area contributed by atoms with Gasteiger partial charge in [-0.05, 0) is 30.4 Å². The number of hydrogen-bond donors (Lipinski definition) is 2. The molecular formula is C15H10F3N3O3S. The van der Waals surface area contributed by atoms with Crippen LogP contribution < -0.4 is 10.6 Å². The molecule has 0 heterocycles. The number of hydrogen-bond acceptors (Lipinski definition) is 4. The summed E-state index contributed by atoms with van der Waals surface area (Å²) in [5, 5.41) is 14.9. The van der Waals surface area contributed by atoms with E-state index in [2.05, 4.69) is 10.6 Å². The highest BCUT2D eigenvalue weighted by Crippen LogP contribution is 2.34. The van der Waals surface area contributed by atoms with E-state index in [0.29, 0.717) is 0 Å². The maximum Gasteiger partial charge on any atom is 0.418 e. The highest BCUT2D eigenvalue weighted by molar-refractivity contribution is 7.80. The molecule has 2 N–H and O–H groups in total. The standard InChI is InChI=1S/C15H10F3N3O3S/c16-15(17,18)10-6-2-3-7-11(10)19-14(25)20-13(22)9-5-1-4-8-12(9)21(23)24/h1-8H,(H2,19,20,22,25). The largest absolute Gasteiger partial charge is 0.418 e. The van der Waals surface area contributed by atoms with E-state index in [1.165, 1.54) is 30.3 Å². The number of carbonyl (C=O) groups excluding carboxylic acids is 1. The molecule has 0 saturated heterocycles. The number of nitrogens with one attached hydrogen (secondary N) is 2. The second kappa shape index (κ2) is 7.26. The van der Waals surface area contributed by atoms with Gasteiger partial charge in [-0.2, -0.15) is 13.2 Å². The minimum absolute atomic E-state index is 0.263. The Labute approximate surface area is 144 Å². The highest BCUT2D eigenvalue weighted by Gasteiger charge is 2.33. The molecule has 0 spiro atoms. The van der Waals surface area contributed by atoms with Gasteiger partial charge in [0.25, 0.3) is 11.6 Å². The van der Waals surface area contributed by atoms with Gasteiger partial charge < -0.3 is 5.32 Å². The lowest BCUT2D eigenvalue weighted by Crippen LogP contribution is -2.35. The lowest BCUT2D eigenvalue weighted by atomic mass is 10.1. The number of carbonyl (C=O) groups is 1. The smallest absolute Gasteiger partial charge is 0.332 e. The van der Waals surface area contributed by atoms with Crippen molar-refractivity contribution in [3.8, 4) is 0 Å². The number of amides is 1. The monoisotopic (exact) mass is 369 g/mol. The van der Waals surface area contributed by atoms with E-state index < -0.39 is 33.4 Å². The van der Waals surface area contributed by atoms with Gasteiger partial charge in [0, 0.05) is 6.07 Å². The van der Waals surface area contributed by atoms with Crippen LogP contribution in [0.15, 0.2) is 48.5 Å². The van der Waals surface area contributed by atoms with E-state index >= 15 is 0 Å². The molecule has 0 aromatic heterocycles. The number of thiocarbonyl (C=S) groups is 1. The molecule has 10 heteroatoms. The molecule has 25 heavy (non-hydrogen) atoms. The summed E-state index contributed by atoms with van der Waals surface area (Å²) in [7, 11) is 0. The summed E-state index contributed by atoms with van der Waals surface area (Å²) in [4.78, 5) is 22.3. The maximum atomic E-state index is 12.9. The quantitative estimate of drug-likeness (QED) is 0.489. The van der Waals surface area contributed by atoms with Crippen molar-refractivity contribution in [2.75, 3.05) is 5.32 Å². The molecule has 0 saturated carbocycles. The van der Waals surface area contributed by atoms with Crippen LogP contribution in [0.25, 0.3) is 0 Å². The normalized spacial score (nSPS) is 10.8. The van der Waals surface area contributed by atoms with E-state index in [1.807, 2.05) is 0 Å². The lowest BCUT2D eigenvalue weighted by molar-refractivity contribution is -0.385. The maximum absolute atomic E-state index is 12.9. The molecule has 2 rings (SSSR count). The van der Waals surface area contributed by atoms with Crippen LogP contribution in [0.2, 0.25) is 0 Å². The van der Waals surface area contributed by atoms with Crippen molar-refractivity contribution < 1.29 is 22.9 Å². The fraction of sp³-hybridized carbons (Fsp3) is 0.0667. The second-order valence-corrected chi connectivity index (χ2v) is 5.13. The summed E-state index contributed by atoms with van der Waals surface area (Å²) in [6.45, 7) is 0. The van der Waals surface area contributed by atoms with Crippen molar-refractivity contribution in [1.82, 2.24) is 5.32 Å². The zero-order chi connectivity index (χ0) is 18.6. The van der Waals surface area contributed by atoms with Gasteiger partial charge >= 0.3 is 6.18 Å². The van der Waals surface area contributed by atoms with Crippen molar-refractivity contribution in [3.05, 3.63) is 69.8 Å². The number of nitro groups is 1. The second-order valence-electron chi connectivity index (χ2n) is 4.73. The van der Waals surface area contributed by atoms with Crippen LogP contribution in [0.1, 0.15) is 15.9 Å². The predicted octanol–water partition coefficient (Wildman–Crippen LogP) is 3.74. The Balaban J connectivity index is 2.17. The van der Waals surface area contributed by atoms with Gasteiger partial charge in [0.1, 0.15) is 5.56 Å². The van der Waals surface area contributed by atoms with Crippen LogP contribution in [0.4, 0.5) is 24.5 Å². The number of anilines is 1. The highest BCUT2D eigenvalue weighted by atomic mass is 32.1. The van der Waals surface area contributed by atoms with Crippen LogP contribution in [-0.2, 0) is 6.18 Å². The average Bonchev–Trinajstić information content (AvgIpc) is 2.54. The average molecular weight is 369 g/mol. The van der Waals surface area contributed by atoms with E-state index in [-0.39, 0.29) is 11.3 Å². The van der Waals surface area contributed by atoms with E-state index in [4.69, 9.17) is 12.2 Å². The first-order chi connectivity index (χ1) is 11.7. The molecular weight excluding hydrogens is 359 g/mol. The summed E-state index contributed by atoms with van der Waals surface area (Å²) in [5.41, 5.74) is -2.01. The molecule has 2 aromatic rings. The molecule has 0 bridgehead atoms. The zero-order valence-electron chi connectivity index (χ0n) is 12.3. The summed E-state index contributed by atoms with van der Waals surface area (Å²) in [6, 6.07) is 9.71. The molecule has 2 aromatic carbocycles. The molecule has 0 radical (unpaired) electrons. The third-order valence-corrected chi connectivity index (χ3v) is 3.26. The van der Waals surface area contributed by atoms with Crippen LogP contribution >= 0.6 is 12.2 Å². The minimum atomic E-state index is -4.61. The lowest BCUT2D eigenvalue weighted by Gasteiger charge is -2.15. The van der Waals surface area contributed by atoms with Crippen molar-refractivity contribution in [2.24, 2.45) is 0 Å². The Morgan fingerprint density at radius 1 is 1.08 bits per heavy atom. The Morgan fingerprint density at radius 3 is 2.32 bits per heavy atom. The Kier molecular flexibility index (Phi) is 5.32. The molecule has 0 unspecified atom stereocenters. The van der Waals surface area contributed by atoms with E-state index in [0.717, 1.165) is 18.2 Å². The molecule has 6 nitrogen and oxygen atoms in total. The Morgan fingerprint density at radius 2 is 1.68 bits per heavy atom. The fourth-order valence-corrected chi connectivity index (χ4v) is 2.19. The number of nitrogens with zero attached hydrogens (tertiary/aromatic N) is 1. The van der Waals surface area contributed by atoms with Gasteiger partial charge in [0.15, 0.2) is 5.11 Å². The first kappa shape index (κ1) is 18.3. The summed E-state index contributed by atoms with van der Waals surface area (Å²) < 4.78 is 38.8. The van der Waals surface area contributed by atoms with Crippen molar-refractivity contribution in [1.29, 1.82) is 0 Å². The first-order valence-corrected chi connectivity index (χ1v) is 7.13. The topological polar surface area (TPSA) is 84.3 Å². The van der Waals surface area contributed by atoms with Gasteiger partial charge in [-0.3, -0.25) is 20.2 Å². The Bertz CT molecular complexity index is 840. The number of nitro benzene ring substituents is 1. The van der Waals surface area contributed by atoms with Gasteiger partial charge in [0.05, 0.1) is 16.2 Å². The van der Waals surface area contributed by atoms with Gasteiger partial charge in [-0.1, -0.05) is 24.3 Å². The molecule has 0 atom stereocenters. The van der Waals surface area contributed by atoms with E-state index in [1.54, 1.807) is 0 Å². The number of benzene rings is 2. The zero-order valence-corrected chi connectivity index (χ0v) is 13.1. The third-order valence-electron chi connectivity index (χ3n) is 3.05. The molecule has 0 aliphatic heterocycles. The van der Waals surface area contributed by atoms with Crippen molar-refractivity contribution >= 4 is 34.6 Å². The van der Waals surface area contributed by atoms with Crippen LogP contribution in [0.3, 0.4) is 0 Å². The summed E-state index contributed by atoms with van der Waals surface area (Å²) >= 11 is 4.82. The van der Waals surface area contributed by atoms with E-state index in [9.17, 15) is 28.1 Å². The van der Waals surface area contributed by atoms with Crippen LogP contribution in [0.5, 0.6) is 0 Å². The number of para-hydroxylation sites is 2. The number of halogens is 3.